The quantitative estimate of drug-likeness (QED) is 0.522. The van der Waals surface area contributed by atoms with Gasteiger partial charge in [-0.1, -0.05) is 46.5 Å². The van der Waals surface area contributed by atoms with Crippen molar-refractivity contribution in [2.45, 2.75) is 65.7 Å². The first-order chi connectivity index (χ1) is 7.24. The van der Waals surface area contributed by atoms with Gasteiger partial charge in [0.15, 0.2) is 0 Å². The molecule has 0 aliphatic heterocycles. The summed E-state index contributed by atoms with van der Waals surface area (Å²) in [4.78, 5) is 2.49. The lowest BCUT2D eigenvalue weighted by molar-refractivity contribution is 0.301. The molecule has 0 spiro atoms. The second kappa shape index (κ2) is 10.5. The van der Waals surface area contributed by atoms with Gasteiger partial charge < -0.3 is 4.90 Å². The lowest BCUT2D eigenvalue weighted by Crippen LogP contribution is -2.21. The SMILES string of the molecule is CCCCN(C)CCCC(CC)CCC. The zero-order valence-corrected chi connectivity index (χ0v) is 11.4. The maximum absolute atomic E-state index is 2.49. The highest BCUT2D eigenvalue weighted by Gasteiger charge is 2.05. The molecule has 0 aromatic heterocycles. The van der Waals surface area contributed by atoms with Crippen LogP contribution >= 0.6 is 0 Å². The number of hydrogen-bond donors (Lipinski definition) is 0. The molecule has 1 heteroatoms. The van der Waals surface area contributed by atoms with Crippen LogP contribution in [0.2, 0.25) is 0 Å². The average Bonchev–Trinajstić information content (AvgIpc) is 2.25. The Kier molecular flexibility index (Phi) is 10.4. The van der Waals surface area contributed by atoms with Crippen LogP contribution in [0.25, 0.3) is 0 Å². The molecule has 0 amide bonds. The van der Waals surface area contributed by atoms with E-state index < -0.39 is 0 Å². The van der Waals surface area contributed by atoms with Crippen LogP contribution in [-0.2, 0) is 0 Å². The minimum atomic E-state index is 0.981. The van der Waals surface area contributed by atoms with Crippen LogP contribution in [0, 0.1) is 5.92 Å². The normalized spacial score (nSPS) is 13.4. The summed E-state index contributed by atoms with van der Waals surface area (Å²) < 4.78 is 0. The van der Waals surface area contributed by atoms with E-state index >= 15 is 0 Å². The van der Waals surface area contributed by atoms with Crippen molar-refractivity contribution in [3.63, 3.8) is 0 Å². The number of nitrogens with zero attached hydrogens (tertiary/aromatic N) is 1. The molecule has 92 valence electrons. The van der Waals surface area contributed by atoms with E-state index in [1.54, 1.807) is 0 Å². The molecule has 0 fully saturated rings. The summed E-state index contributed by atoms with van der Waals surface area (Å²) in [6, 6.07) is 0. The Morgan fingerprint density at radius 1 is 0.867 bits per heavy atom. The fourth-order valence-electron chi connectivity index (χ4n) is 2.15. The average molecular weight is 213 g/mol. The summed E-state index contributed by atoms with van der Waals surface area (Å²) in [6.45, 7) is 9.47. The number of hydrogen-bond acceptors (Lipinski definition) is 1. The van der Waals surface area contributed by atoms with Crippen molar-refractivity contribution in [2.24, 2.45) is 5.92 Å². The Morgan fingerprint density at radius 3 is 2.07 bits per heavy atom. The van der Waals surface area contributed by atoms with Crippen LogP contribution in [0.15, 0.2) is 0 Å². The predicted octanol–water partition coefficient (Wildman–Crippen LogP) is 4.32. The largest absolute Gasteiger partial charge is 0.306 e. The van der Waals surface area contributed by atoms with Crippen molar-refractivity contribution in [3.05, 3.63) is 0 Å². The highest BCUT2D eigenvalue weighted by molar-refractivity contribution is 4.59. The van der Waals surface area contributed by atoms with Gasteiger partial charge in [0.05, 0.1) is 0 Å². The lowest BCUT2D eigenvalue weighted by Gasteiger charge is -2.18. The van der Waals surface area contributed by atoms with Crippen LogP contribution in [0.5, 0.6) is 0 Å². The van der Waals surface area contributed by atoms with Gasteiger partial charge in [-0.05, 0) is 45.3 Å². The minimum absolute atomic E-state index is 0.981. The third-order valence-corrected chi connectivity index (χ3v) is 3.32. The zero-order chi connectivity index (χ0) is 11.5. The predicted molar refractivity (Wildman–Crippen MR) is 70.3 cm³/mol. The molecule has 1 atom stereocenters. The summed E-state index contributed by atoms with van der Waals surface area (Å²) in [6.07, 6.45) is 9.63. The molecule has 1 unspecified atom stereocenters. The second-order valence-corrected chi connectivity index (χ2v) is 4.86. The van der Waals surface area contributed by atoms with Gasteiger partial charge in [0, 0.05) is 0 Å². The van der Waals surface area contributed by atoms with Gasteiger partial charge in [-0.25, -0.2) is 0 Å². The Hall–Kier alpha value is -0.0400. The van der Waals surface area contributed by atoms with Gasteiger partial charge in [-0.2, -0.15) is 0 Å². The van der Waals surface area contributed by atoms with Crippen molar-refractivity contribution in [3.8, 4) is 0 Å². The van der Waals surface area contributed by atoms with Crippen molar-refractivity contribution in [1.82, 2.24) is 4.90 Å². The Bertz CT molecular complexity index is 123. The highest BCUT2D eigenvalue weighted by atomic mass is 15.1. The third-order valence-electron chi connectivity index (χ3n) is 3.32. The monoisotopic (exact) mass is 213 g/mol. The Labute approximate surface area is 97.2 Å². The van der Waals surface area contributed by atoms with E-state index in [-0.39, 0.29) is 0 Å². The van der Waals surface area contributed by atoms with Gasteiger partial charge in [0.25, 0.3) is 0 Å². The molecule has 0 aromatic rings. The molecule has 0 radical (unpaired) electrons. The van der Waals surface area contributed by atoms with Gasteiger partial charge in [-0.3, -0.25) is 0 Å². The molecule has 0 N–H and O–H groups in total. The smallest absolute Gasteiger partial charge is 0.00217 e. The van der Waals surface area contributed by atoms with Crippen LogP contribution in [0.1, 0.15) is 65.7 Å². The third kappa shape index (κ3) is 8.92. The van der Waals surface area contributed by atoms with Crippen molar-refractivity contribution < 1.29 is 0 Å². The molecule has 0 saturated heterocycles. The number of rotatable bonds is 10. The Balaban J connectivity index is 3.41. The summed E-state index contributed by atoms with van der Waals surface area (Å²) >= 11 is 0. The van der Waals surface area contributed by atoms with E-state index in [1.807, 2.05) is 0 Å². The van der Waals surface area contributed by atoms with Gasteiger partial charge in [0.1, 0.15) is 0 Å². The second-order valence-electron chi connectivity index (χ2n) is 4.86. The van der Waals surface area contributed by atoms with Crippen molar-refractivity contribution in [2.75, 3.05) is 20.1 Å². The van der Waals surface area contributed by atoms with E-state index in [2.05, 4.69) is 32.7 Å². The fraction of sp³-hybridized carbons (Fsp3) is 1.00. The Morgan fingerprint density at radius 2 is 1.53 bits per heavy atom. The summed E-state index contributed by atoms with van der Waals surface area (Å²) in [5, 5.41) is 0. The minimum Gasteiger partial charge on any atom is -0.306 e. The molecule has 0 heterocycles. The molecule has 0 aromatic carbocycles. The van der Waals surface area contributed by atoms with E-state index in [0.717, 1.165) is 5.92 Å². The fourth-order valence-corrected chi connectivity index (χ4v) is 2.15. The van der Waals surface area contributed by atoms with Crippen molar-refractivity contribution in [1.29, 1.82) is 0 Å². The summed E-state index contributed by atoms with van der Waals surface area (Å²) in [5.74, 6) is 0.981. The van der Waals surface area contributed by atoms with E-state index in [1.165, 1.54) is 58.0 Å². The first-order valence-corrected chi connectivity index (χ1v) is 6.93. The molecular weight excluding hydrogens is 182 g/mol. The van der Waals surface area contributed by atoms with Crippen LogP contribution in [0.4, 0.5) is 0 Å². The topological polar surface area (TPSA) is 3.24 Å². The van der Waals surface area contributed by atoms with E-state index in [0.29, 0.717) is 0 Å². The van der Waals surface area contributed by atoms with Crippen molar-refractivity contribution >= 4 is 0 Å². The molecule has 0 aliphatic rings. The first kappa shape index (κ1) is 15.0. The molecule has 0 aliphatic carbocycles. The number of unbranched alkanes of at least 4 members (excludes halogenated alkanes) is 1. The summed E-state index contributed by atoms with van der Waals surface area (Å²) in [5.41, 5.74) is 0. The molecular formula is C14H31N. The van der Waals surface area contributed by atoms with Crippen LogP contribution in [0.3, 0.4) is 0 Å². The first-order valence-electron chi connectivity index (χ1n) is 6.93. The molecule has 0 rings (SSSR count). The van der Waals surface area contributed by atoms with Gasteiger partial charge >= 0.3 is 0 Å². The van der Waals surface area contributed by atoms with E-state index in [9.17, 15) is 0 Å². The molecule has 0 bridgehead atoms. The molecule has 0 saturated carbocycles. The van der Waals surface area contributed by atoms with Gasteiger partial charge in [0.2, 0.25) is 0 Å². The zero-order valence-electron chi connectivity index (χ0n) is 11.4. The lowest BCUT2D eigenvalue weighted by atomic mass is 9.95. The van der Waals surface area contributed by atoms with Crippen LogP contribution < -0.4 is 0 Å². The van der Waals surface area contributed by atoms with E-state index in [4.69, 9.17) is 0 Å². The summed E-state index contributed by atoms with van der Waals surface area (Å²) in [7, 11) is 2.26. The highest BCUT2D eigenvalue weighted by Crippen LogP contribution is 2.17. The van der Waals surface area contributed by atoms with Gasteiger partial charge in [-0.15, -0.1) is 0 Å². The molecule has 15 heavy (non-hydrogen) atoms. The maximum Gasteiger partial charge on any atom is -0.00217 e. The molecule has 1 nitrogen and oxygen atoms in total. The standard InChI is InChI=1S/C14H31N/c1-5-8-12-15(4)13-9-11-14(7-3)10-6-2/h14H,5-13H2,1-4H3. The maximum atomic E-state index is 2.49. The van der Waals surface area contributed by atoms with Crippen LogP contribution in [-0.4, -0.2) is 25.0 Å².